The van der Waals surface area contributed by atoms with E-state index in [-0.39, 0.29) is 11.3 Å². The molecule has 4 nitrogen and oxygen atoms in total. The van der Waals surface area contributed by atoms with Crippen LogP contribution in [0.25, 0.3) is 0 Å². The molecule has 2 heterocycles. The molecule has 2 aromatic rings. The largest absolute Gasteiger partial charge is 0.350 e. The van der Waals surface area contributed by atoms with Crippen molar-refractivity contribution in [2.75, 3.05) is 6.54 Å². The summed E-state index contributed by atoms with van der Waals surface area (Å²) < 4.78 is 0. The van der Waals surface area contributed by atoms with Crippen LogP contribution >= 0.6 is 0 Å². The SMILES string of the molecule is Cc1ccc(C(=O)NCC(C)(C)c2ccncc2)nc1. The predicted octanol–water partition coefficient (Wildman–Crippen LogP) is 2.49. The molecule has 0 unspecified atom stereocenters. The molecule has 0 aliphatic heterocycles. The zero-order valence-corrected chi connectivity index (χ0v) is 12.1. The van der Waals surface area contributed by atoms with Gasteiger partial charge in [-0.05, 0) is 36.2 Å². The molecule has 0 spiro atoms. The zero-order chi connectivity index (χ0) is 14.6. The van der Waals surface area contributed by atoms with Gasteiger partial charge in [0.2, 0.25) is 0 Å². The van der Waals surface area contributed by atoms with Crippen molar-refractivity contribution in [3.8, 4) is 0 Å². The van der Waals surface area contributed by atoms with E-state index in [0.717, 1.165) is 11.1 Å². The quantitative estimate of drug-likeness (QED) is 0.927. The molecule has 2 rings (SSSR count). The van der Waals surface area contributed by atoms with Crippen molar-refractivity contribution in [1.29, 1.82) is 0 Å². The molecule has 2 aromatic heterocycles. The highest BCUT2D eigenvalue weighted by Crippen LogP contribution is 2.21. The molecule has 0 aromatic carbocycles. The Balaban J connectivity index is 2.01. The summed E-state index contributed by atoms with van der Waals surface area (Å²) in [5.41, 5.74) is 2.48. The van der Waals surface area contributed by atoms with Crippen molar-refractivity contribution in [3.63, 3.8) is 0 Å². The minimum Gasteiger partial charge on any atom is -0.350 e. The van der Waals surface area contributed by atoms with Crippen LogP contribution in [0.1, 0.15) is 35.5 Å². The van der Waals surface area contributed by atoms with Crippen LogP contribution in [-0.4, -0.2) is 22.4 Å². The minimum atomic E-state index is -0.150. The number of amides is 1. The van der Waals surface area contributed by atoms with E-state index in [2.05, 4.69) is 29.1 Å². The average molecular weight is 269 g/mol. The highest BCUT2D eigenvalue weighted by molar-refractivity contribution is 5.92. The van der Waals surface area contributed by atoms with Crippen molar-refractivity contribution in [2.45, 2.75) is 26.2 Å². The first-order valence-corrected chi connectivity index (χ1v) is 6.60. The smallest absolute Gasteiger partial charge is 0.269 e. The van der Waals surface area contributed by atoms with E-state index < -0.39 is 0 Å². The first-order valence-electron chi connectivity index (χ1n) is 6.60. The molecular formula is C16H19N3O. The standard InChI is InChI=1S/C16H19N3O/c1-12-4-5-14(18-10-12)15(20)19-11-16(2,3)13-6-8-17-9-7-13/h4-10H,11H2,1-3H3,(H,19,20). The van der Waals surface area contributed by atoms with E-state index in [4.69, 9.17) is 0 Å². The van der Waals surface area contributed by atoms with Gasteiger partial charge in [-0.15, -0.1) is 0 Å². The monoisotopic (exact) mass is 269 g/mol. The van der Waals surface area contributed by atoms with Crippen molar-refractivity contribution in [2.24, 2.45) is 0 Å². The Morgan fingerprint density at radius 2 is 1.90 bits per heavy atom. The van der Waals surface area contributed by atoms with Gasteiger partial charge in [-0.3, -0.25) is 14.8 Å². The lowest BCUT2D eigenvalue weighted by atomic mass is 9.85. The number of aryl methyl sites for hydroxylation is 1. The summed E-state index contributed by atoms with van der Waals surface area (Å²) in [5, 5.41) is 2.94. The number of carbonyl (C=O) groups excluding carboxylic acids is 1. The van der Waals surface area contributed by atoms with Crippen LogP contribution in [0.15, 0.2) is 42.9 Å². The molecule has 0 aliphatic rings. The summed E-state index contributed by atoms with van der Waals surface area (Å²) in [7, 11) is 0. The topological polar surface area (TPSA) is 54.9 Å². The van der Waals surface area contributed by atoms with Gasteiger partial charge in [0.15, 0.2) is 0 Å². The maximum absolute atomic E-state index is 12.0. The van der Waals surface area contributed by atoms with Crippen molar-refractivity contribution < 1.29 is 4.79 Å². The van der Waals surface area contributed by atoms with Gasteiger partial charge in [-0.2, -0.15) is 0 Å². The molecule has 0 saturated carbocycles. The third kappa shape index (κ3) is 3.41. The maximum atomic E-state index is 12.0. The lowest BCUT2D eigenvalue weighted by Crippen LogP contribution is -2.37. The molecule has 0 atom stereocenters. The summed E-state index contributed by atoms with van der Waals surface area (Å²) >= 11 is 0. The fraction of sp³-hybridized carbons (Fsp3) is 0.312. The number of nitrogens with zero attached hydrogens (tertiary/aromatic N) is 2. The van der Waals surface area contributed by atoms with Crippen LogP contribution in [0, 0.1) is 6.92 Å². The lowest BCUT2D eigenvalue weighted by Gasteiger charge is -2.25. The average Bonchev–Trinajstić information content (AvgIpc) is 2.46. The Kier molecular flexibility index (Phi) is 4.13. The maximum Gasteiger partial charge on any atom is 0.269 e. The van der Waals surface area contributed by atoms with Gasteiger partial charge in [-0.25, -0.2) is 0 Å². The minimum absolute atomic E-state index is 0.146. The molecule has 0 aliphatic carbocycles. The van der Waals surface area contributed by atoms with E-state index in [9.17, 15) is 4.79 Å². The Labute approximate surface area is 119 Å². The van der Waals surface area contributed by atoms with Gasteiger partial charge in [-0.1, -0.05) is 19.9 Å². The number of pyridine rings is 2. The molecule has 0 bridgehead atoms. The van der Waals surface area contributed by atoms with Crippen LogP contribution < -0.4 is 5.32 Å². The summed E-state index contributed by atoms with van der Waals surface area (Å²) in [6.07, 6.45) is 5.23. The Morgan fingerprint density at radius 1 is 1.20 bits per heavy atom. The number of hydrogen-bond donors (Lipinski definition) is 1. The molecule has 104 valence electrons. The van der Waals surface area contributed by atoms with Crippen LogP contribution in [0.2, 0.25) is 0 Å². The van der Waals surface area contributed by atoms with Crippen LogP contribution in [0.4, 0.5) is 0 Å². The van der Waals surface area contributed by atoms with Crippen LogP contribution in [0.3, 0.4) is 0 Å². The number of nitrogens with one attached hydrogen (secondary N) is 1. The van der Waals surface area contributed by atoms with Gasteiger partial charge in [0.05, 0.1) is 0 Å². The summed E-state index contributed by atoms with van der Waals surface area (Å²) in [5.74, 6) is -0.146. The molecule has 1 amide bonds. The molecule has 0 radical (unpaired) electrons. The van der Waals surface area contributed by atoms with Crippen LogP contribution in [-0.2, 0) is 5.41 Å². The molecular weight excluding hydrogens is 250 g/mol. The molecule has 1 N–H and O–H groups in total. The van der Waals surface area contributed by atoms with Crippen LogP contribution in [0.5, 0.6) is 0 Å². The van der Waals surface area contributed by atoms with Crippen molar-refractivity contribution in [3.05, 3.63) is 59.7 Å². The van der Waals surface area contributed by atoms with Gasteiger partial charge >= 0.3 is 0 Å². The van der Waals surface area contributed by atoms with Crippen molar-refractivity contribution >= 4 is 5.91 Å². The first-order chi connectivity index (χ1) is 9.49. The second-order valence-corrected chi connectivity index (χ2v) is 5.52. The fourth-order valence-electron chi connectivity index (χ4n) is 1.90. The molecule has 20 heavy (non-hydrogen) atoms. The third-order valence-electron chi connectivity index (χ3n) is 3.30. The fourth-order valence-corrected chi connectivity index (χ4v) is 1.90. The lowest BCUT2D eigenvalue weighted by molar-refractivity contribution is 0.0940. The number of rotatable bonds is 4. The molecule has 0 saturated heterocycles. The van der Waals surface area contributed by atoms with E-state index in [0.29, 0.717) is 12.2 Å². The van der Waals surface area contributed by atoms with E-state index in [1.54, 1.807) is 24.7 Å². The summed E-state index contributed by atoms with van der Waals surface area (Å²) in [6, 6.07) is 7.56. The van der Waals surface area contributed by atoms with E-state index in [1.165, 1.54) is 0 Å². The van der Waals surface area contributed by atoms with E-state index in [1.807, 2.05) is 25.1 Å². The Hall–Kier alpha value is -2.23. The summed E-state index contributed by atoms with van der Waals surface area (Å²) in [4.78, 5) is 20.2. The second-order valence-electron chi connectivity index (χ2n) is 5.52. The Bertz CT molecular complexity index is 576. The first kappa shape index (κ1) is 14.2. The Morgan fingerprint density at radius 3 is 2.50 bits per heavy atom. The number of carbonyl (C=O) groups is 1. The highest BCUT2D eigenvalue weighted by Gasteiger charge is 2.21. The van der Waals surface area contributed by atoms with Gasteiger partial charge < -0.3 is 5.32 Å². The highest BCUT2D eigenvalue weighted by atomic mass is 16.1. The zero-order valence-electron chi connectivity index (χ0n) is 12.1. The van der Waals surface area contributed by atoms with Gasteiger partial charge in [0, 0.05) is 30.6 Å². The summed E-state index contributed by atoms with van der Waals surface area (Å²) in [6.45, 7) is 6.67. The number of hydrogen-bond acceptors (Lipinski definition) is 3. The van der Waals surface area contributed by atoms with Gasteiger partial charge in [0.1, 0.15) is 5.69 Å². The van der Waals surface area contributed by atoms with Gasteiger partial charge in [0.25, 0.3) is 5.91 Å². The third-order valence-corrected chi connectivity index (χ3v) is 3.30. The number of aromatic nitrogens is 2. The second kappa shape index (κ2) is 5.82. The van der Waals surface area contributed by atoms with Crippen molar-refractivity contribution in [1.82, 2.24) is 15.3 Å². The molecule has 4 heteroatoms. The predicted molar refractivity (Wildman–Crippen MR) is 78.6 cm³/mol. The normalized spacial score (nSPS) is 11.2. The van der Waals surface area contributed by atoms with E-state index >= 15 is 0 Å². The molecule has 0 fully saturated rings.